The highest BCUT2D eigenvalue weighted by atomic mass is 32.1. The number of halogens is 1. The summed E-state index contributed by atoms with van der Waals surface area (Å²) in [5.74, 6) is -0.947. The molecule has 0 saturated carbocycles. The third kappa shape index (κ3) is 4.39. The number of hydrogen-bond donors (Lipinski definition) is 0. The van der Waals surface area contributed by atoms with Crippen LogP contribution in [0.2, 0.25) is 0 Å². The van der Waals surface area contributed by atoms with E-state index in [4.69, 9.17) is 9.47 Å². The van der Waals surface area contributed by atoms with Gasteiger partial charge in [0.2, 0.25) is 0 Å². The zero-order valence-electron chi connectivity index (χ0n) is 16.1. The standard InChI is InChI=1S/C20H23FN2O4S/c1-12-18(28-17(22-12)10-13-4-6-14(21)7-5-13)19(24)23-9-8-15(26-2)11-16(23)20(25)27-3/h4-7,15-16H,8-11H2,1-3H3/t15-,16-/m1/s1. The monoisotopic (exact) mass is 406 g/mol. The molecular formula is C20H23FN2O4S. The average Bonchev–Trinajstić information content (AvgIpc) is 3.08. The van der Waals surface area contributed by atoms with Gasteiger partial charge in [0.1, 0.15) is 16.7 Å². The Bertz CT molecular complexity index is 852. The number of ether oxygens (including phenoxy) is 2. The zero-order valence-corrected chi connectivity index (χ0v) is 16.9. The van der Waals surface area contributed by atoms with Gasteiger partial charge < -0.3 is 14.4 Å². The van der Waals surface area contributed by atoms with E-state index in [1.54, 1.807) is 31.1 Å². The first-order valence-electron chi connectivity index (χ1n) is 9.05. The molecule has 1 fully saturated rings. The van der Waals surface area contributed by atoms with E-state index in [0.29, 0.717) is 36.4 Å². The molecular weight excluding hydrogens is 383 g/mol. The Morgan fingerprint density at radius 2 is 2.00 bits per heavy atom. The molecule has 150 valence electrons. The quantitative estimate of drug-likeness (QED) is 0.714. The highest BCUT2D eigenvalue weighted by Crippen LogP contribution is 2.27. The number of carbonyl (C=O) groups is 2. The summed E-state index contributed by atoms with van der Waals surface area (Å²) in [6.07, 6.45) is 1.51. The minimum Gasteiger partial charge on any atom is -0.467 e. The Balaban J connectivity index is 1.80. The first-order chi connectivity index (χ1) is 13.4. The van der Waals surface area contributed by atoms with Crippen LogP contribution in [0.1, 0.15) is 38.8 Å². The van der Waals surface area contributed by atoms with Gasteiger partial charge in [0.05, 0.1) is 23.9 Å². The molecule has 2 heterocycles. The van der Waals surface area contributed by atoms with Crippen molar-refractivity contribution < 1.29 is 23.5 Å². The van der Waals surface area contributed by atoms with Crippen LogP contribution in [0, 0.1) is 12.7 Å². The lowest BCUT2D eigenvalue weighted by Gasteiger charge is -2.37. The van der Waals surface area contributed by atoms with Crippen molar-refractivity contribution in [3.05, 3.63) is 51.2 Å². The summed E-state index contributed by atoms with van der Waals surface area (Å²) in [6.45, 7) is 2.20. The van der Waals surface area contributed by atoms with Crippen LogP contribution in [0.3, 0.4) is 0 Å². The molecule has 28 heavy (non-hydrogen) atoms. The SMILES string of the molecule is COC(=O)[C@H]1C[C@H](OC)CCN1C(=O)c1sc(Cc2ccc(F)cc2)nc1C. The van der Waals surface area contributed by atoms with Crippen LogP contribution >= 0.6 is 11.3 Å². The predicted octanol–water partition coefficient (Wildman–Crippen LogP) is 2.97. The lowest BCUT2D eigenvalue weighted by Crippen LogP contribution is -2.52. The molecule has 2 atom stereocenters. The lowest BCUT2D eigenvalue weighted by atomic mass is 9.99. The Kier molecular flexibility index (Phi) is 6.41. The normalized spacial score (nSPS) is 19.5. The molecule has 0 radical (unpaired) electrons. The minimum atomic E-state index is -0.668. The number of likely N-dealkylation sites (tertiary alicyclic amines) is 1. The Morgan fingerprint density at radius 1 is 1.29 bits per heavy atom. The van der Waals surface area contributed by atoms with Gasteiger partial charge in [-0.25, -0.2) is 14.2 Å². The number of thiazole rings is 1. The van der Waals surface area contributed by atoms with Gasteiger partial charge in [0.15, 0.2) is 0 Å². The molecule has 1 aromatic carbocycles. The minimum absolute atomic E-state index is 0.0789. The van der Waals surface area contributed by atoms with Crippen molar-refractivity contribution in [1.29, 1.82) is 0 Å². The number of esters is 1. The van der Waals surface area contributed by atoms with Crippen molar-refractivity contribution in [3.63, 3.8) is 0 Å². The number of amides is 1. The number of carbonyl (C=O) groups excluding carboxylic acids is 2. The number of methoxy groups -OCH3 is 2. The molecule has 1 saturated heterocycles. The molecule has 1 aliphatic rings. The van der Waals surface area contributed by atoms with Crippen molar-refractivity contribution in [1.82, 2.24) is 9.88 Å². The molecule has 8 heteroatoms. The van der Waals surface area contributed by atoms with Crippen molar-refractivity contribution >= 4 is 23.2 Å². The highest BCUT2D eigenvalue weighted by molar-refractivity contribution is 7.13. The second kappa shape index (κ2) is 8.79. The molecule has 0 bridgehead atoms. The molecule has 0 unspecified atom stereocenters. The zero-order chi connectivity index (χ0) is 20.3. The van der Waals surface area contributed by atoms with Gasteiger partial charge in [-0.1, -0.05) is 12.1 Å². The van der Waals surface area contributed by atoms with Gasteiger partial charge in [-0.15, -0.1) is 11.3 Å². The van der Waals surface area contributed by atoms with Gasteiger partial charge in [-0.2, -0.15) is 0 Å². The van der Waals surface area contributed by atoms with Crippen LogP contribution in [-0.2, 0) is 20.7 Å². The van der Waals surface area contributed by atoms with E-state index >= 15 is 0 Å². The Labute approximate surface area is 167 Å². The lowest BCUT2D eigenvalue weighted by molar-refractivity contribution is -0.149. The van der Waals surface area contributed by atoms with Crippen molar-refractivity contribution in [2.75, 3.05) is 20.8 Å². The van der Waals surface area contributed by atoms with Crippen LogP contribution in [0.4, 0.5) is 4.39 Å². The average molecular weight is 406 g/mol. The van der Waals surface area contributed by atoms with Crippen LogP contribution in [0.15, 0.2) is 24.3 Å². The molecule has 6 nitrogen and oxygen atoms in total. The molecule has 1 aromatic heterocycles. The molecule has 0 N–H and O–H groups in total. The van der Waals surface area contributed by atoms with Crippen molar-refractivity contribution in [2.24, 2.45) is 0 Å². The van der Waals surface area contributed by atoms with E-state index in [2.05, 4.69) is 4.98 Å². The van der Waals surface area contributed by atoms with E-state index in [-0.39, 0.29) is 17.8 Å². The molecule has 1 amide bonds. The van der Waals surface area contributed by atoms with Gasteiger partial charge >= 0.3 is 5.97 Å². The van der Waals surface area contributed by atoms with E-state index < -0.39 is 12.0 Å². The first-order valence-corrected chi connectivity index (χ1v) is 9.87. The number of rotatable bonds is 5. The van der Waals surface area contributed by atoms with Crippen LogP contribution in [0.25, 0.3) is 0 Å². The maximum atomic E-state index is 13.2. The summed E-state index contributed by atoms with van der Waals surface area (Å²) in [5.41, 5.74) is 1.55. The number of benzene rings is 1. The number of hydrogen-bond acceptors (Lipinski definition) is 6. The second-order valence-electron chi connectivity index (χ2n) is 6.74. The summed E-state index contributed by atoms with van der Waals surface area (Å²) in [6, 6.07) is 5.55. The maximum Gasteiger partial charge on any atom is 0.328 e. The Hall–Kier alpha value is -2.32. The smallest absolute Gasteiger partial charge is 0.328 e. The summed E-state index contributed by atoms with van der Waals surface area (Å²) < 4.78 is 23.3. The second-order valence-corrected chi connectivity index (χ2v) is 7.83. The van der Waals surface area contributed by atoms with Crippen LogP contribution < -0.4 is 0 Å². The number of nitrogens with zero attached hydrogens (tertiary/aromatic N) is 2. The fraction of sp³-hybridized carbons (Fsp3) is 0.450. The number of piperidine rings is 1. The first kappa shape index (κ1) is 20.4. The maximum absolute atomic E-state index is 13.2. The van der Waals surface area contributed by atoms with E-state index in [0.717, 1.165) is 10.6 Å². The third-order valence-corrected chi connectivity index (χ3v) is 6.07. The highest BCUT2D eigenvalue weighted by Gasteiger charge is 2.38. The number of aromatic nitrogens is 1. The summed E-state index contributed by atoms with van der Waals surface area (Å²) in [4.78, 5) is 32.0. The van der Waals surface area contributed by atoms with Crippen molar-refractivity contribution in [2.45, 2.75) is 38.3 Å². The summed E-state index contributed by atoms with van der Waals surface area (Å²) >= 11 is 1.31. The number of aryl methyl sites for hydroxylation is 1. The molecule has 3 rings (SSSR count). The van der Waals surface area contributed by atoms with E-state index in [9.17, 15) is 14.0 Å². The van der Waals surface area contributed by atoms with Gasteiger partial charge in [-0.3, -0.25) is 4.79 Å². The van der Waals surface area contributed by atoms with Crippen molar-refractivity contribution in [3.8, 4) is 0 Å². The molecule has 0 aliphatic carbocycles. The van der Waals surface area contributed by atoms with Gasteiger partial charge in [-0.05, 0) is 31.0 Å². The van der Waals surface area contributed by atoms with Crippen LogP contribution in [-0.4, -0.2) is 54.7 Å². The largest absolute Gasteiger partial charge is 0.467 e. The Morgan fingerprint density at radius 3 is 2.64 bits per heavy atom. The fourth-order valence-electron chi connectivity index (χ4n) is 3.38. The molecule has 0 spiro atoms. The summed E-state index contributed by atoms with van der Waals surface area (Å²) in [5, 5.41) is 0.772. The van der Waals surface area contributed by atoms with Gasteiger partial charge in [0, 0.05) is 26.5 Å². The topological polar surface area (TPSA) is 68.7 Å². The van der Waals surface area contributed by atoms with Crippen LogP contribution in [0.5, 0.6) is 0 Å². The van der Waals surface area contributed by atoms with E-state index in [1.165, 1.54) is 30.6 Å². The third-order valence-electron chi connectivity index (χ3n) is 4.93. The molecule has 2 aromatic rings. The molecule has 1 aliphatic heterocycles. The van der Waals surface area contributed by atoms with E-state index in [1.807, 2.05) is 0 Å². The predicted molar refractivity (Wildman–Crippen MR) is 103 cm³/mol. The summed E-state index contributed by atoms with van der Waals surface area (Å²) in [7, 11) is 2.92. The van der Waals surface area contributed by atoms with Gasteiger partial charge in [0.25, 0.3) is 5.91 Å². The fourth-order valence-corrected chi connectivity index (χ4v) is 4.44.